The molecule has 0 heterocycles. The first-order valence-electron chi connectivity index (χ1n) is 22.4. The van der Waals surface area contributed by atoms with E-state index in [2.05, 4.69) is 242 Å². The quantitative estimate of drug-likeness (QED) is 0.167. The van der Waals surface area contributed by atoms with Crippen LogP contribution in [-0.2, 0) is 17.3 Å². The number of hydrogen-bond acceptors (Lipinski definition) is 1. The van der Waals surface area contributed by atoms with E-state index >= 15 is 0 Å². The third kappa shape index (κ3) is 4.90. The van der Waals surface area contributed by atoms with Crippen LogP contribution in [0.2, 0.25) is 0 Å². The van der Waals surface area contributed by atoms with Gasteiger partial charge >= 0.3 is 0 Å². The van der Waals surface area contributed by atoms with Crippen molar-refractivity contribution < 1.29 is 0 Å². The van der Waals surface area contributed by atoms with Gasteiger partial charge in [-0.3, -0.25) is 0 Å². The maximum Gasteiger partial charge on any atom is 0.0726 e. The largest absolute Gasteiger partial charge is 0.310 e. The summed E-state index contributed by atoms with van der Waals surface area (Å²) >= 11 is 0. The van der Waals surface area contributed by atoms with Crippen molar-refractivity contribution in [2.45, 2.75) is 17.3 Å². The minimum absolute atomic E-state index is 0.463. The highest BCUT2D eigenvalue weighted by atomic mass is 15.1. The molecule has 0 atom stereocenters. The summed E-state index contributed by atoms with van der Waals surface area (Å²) in [6.45, 7) is 4.92. The molecule has 13 rings (SSSR count). The van der Waals surface area contributed by atoms with Crippen LogP contribution in [0, 0.1) is 0 Å². The normalized spacial score (nSPS) is 16.0. The van der Waals surface area contributed by atoms with Gasteiger partial charge in [0, 0.05) is 17.1 Å². The summed E-state index contributed by atoms with van der Waals surface area (Å²) in [5.41, 5.74) is 24.0. The highest BCUT2D eigenvalue weighted by Crippen LogP contribution is 2.65. The number of fused-ring (bicyclic) bond motifs is 13. The van der Waals surface area contributed by atoms with Gasteiger partial charge in [-0.2, -0.15) is 0 Å². The fourth-order valence-electron chi connectivity index (χ4n) is 12.1. The molecule has 0 saturated heterocycles. The van der Waals surface area contributed by atoms with Crippen molar-refractivity contribution in [1.82, 2.24) is 0 Å². The Bertz CT molecular complexity index is 3320. The summed E-state index contributed by atoms with van der Waals surface area (Å²) in [6.07, 6.45) is 9.65. The first-order chi connectivity index (χ1) is 31.7. The number of allylic oxidation sites excluding steroid dienone is 5. The van der Waals surface area contributed by atoms with Gasteiger partial charge in [0.05, 0.1) is 10.8 Å². The van der Waals surface area contributed by atoms with E-state index in [1.54, 1.807) is 0 Å². The van der Waals surface area contributed by atoms with Crippen molar-refractivity contribution in [2.24, 2.45) is 0 Å². The molecular formula is C63H43N. The van der Waals surface area contributed by atoms with E-state index in [1.165, 1.54) is 89.0 Å². The average molecular weight is 814 g/mol. The molecule has 0 aliphatic heterocycles. The van der Waals surface area contributed by atoms with E-state index in [0.717, 1.165) is 29.1 Å². The molecule has 0 unspecified atom stereocenters. The second-order valence-corrected chi connectivity index (χ2v) is 17.5. The van der Waals surface area contributed by atoms with Gasteiger partial charge in [0.25, 0.3) is 0 Å². The van der Waals surface area contributed by atoms with Crippen molar-refractivity contribution in [3.8, 4) is 44.5 Å². The smallest absolute Gasteiger partial charge is 0.0726 e. The topological polar surface area (TPSA) is 3.24 Å². The minimum Gasteiger partial charge on any atom is -0.310 e. The molecule has 1 spiro atoms. The maximum atomic E-state index is 4.92. The molecule has 9 aromatic rings. The van der Waals surface area contributed by atoms with Crippen LogP contribution >= 0.6 is 0 Å². The summed E-state index contributed by atoms with van der Waals surface area (Å²) < 4.78 is 0. The lowest BCUT2D eigenvalue weighted by Crippen LogP contribution is -2.30. The Morgan fingerprint density at radius 1 is 0.391 bits per heavy atom. The van der Waals surface area contributed by atoms with Crippen molar-refractivity contribution in [2.75, 3.05) is 4.90 Å². The second-order valence-electron chi connectivity index (χ2n) is 17.5. The summed E-state index contributed by atoms with van der Waals surface area (Å²) in [5, 5.41) is 0. The Kier molecular flexibility index (Phi) is 8.02. The number of benzene rings is 9. The number of hydrogen-bond donors (Lipinski definition) is 0. The molecule has 300 valence electrons. The molecule has 64 heavy (non-hydrogen) atoms. The predicted octanol–water partition coefficient (Wildman–Crippen LogP) is 15.7. The first-order valence-corrected chi connectivity index (χ1v) is 22.4. The van der Waals surface area contributed by atoms with Gasteiger partial charge in [0.15, 0.2) is 0 Å². The summed E-state index contributed by atoms with van der Waals surface area (Å²) in [7, 11) is 0. The Morgan fingerprint density at radius 2 is 0.891 bits per heavy atom. The molecule has 4 aliphatic rings. The molecule has 4 aliphatic carbocycles. The Labute approximate surface area is 375 Å². The number of anilines is 3. The summed E-state index contributed by atoms with van der Waals surface area (Å²) in [5.74, 6) is 0. The third-order valence-corrected chi connectivity index (χ3v) is 14.5. The lowest BCUT2D eigenvalue weighted by molar-refractivity contribution is 0.759. The molecule has 1 nitrogen and oxygen atoms in total. The molecule has 0 aromatic heterocycles. The molecule has 9 aromatic carbocycles. The fraction of sp³-hybridized carbons (Fsp3) is 0.0476. The van der Waals surface area contributed by atoms with E-state index in [0.29, 0.717) is 0 Å². The predicted molar refractivity (Wildman–Crippen MR) is 266 cm³/mol. The van der Waals surface area contributed by atoms with Gasteiger partial charge in [-0.1, -0.05) is 213 Å². The molecule has 0 bridgehead atoms. The lowest BCUT2D eigenvalue weighted by Gasteiger charge is -2.38. The van der Waals surface area contributed by atoms with Crippen LogP contribution in [-0.4, -0.2) is 0 Å². The summed E-state index contributed by atoms with van der Waals surface area (Å²) in [4.78, 5) is 2.52. The van der Waals surface area contributed by atoms with Crippen LogP contribution in [0.25, 0.3) is 44.5 Å². The fourth-order valence-corrected chi connectivity index (χ4v) is 12.1. The van der Waals surface area contributed by atoms with E-state index in [-0.39, 0.29) is 0 Å². The van der Waals surface area contributed by atoms with E-state index in [9.17, 15) is 0 Å². The molecule has 0 amide bonds. The first kappa shape index (κ1) is 36.6. The molecule has 0 N–H and O–H groups in total. The van der Waals surface area contributed by atoms with E-state index in [1.807, 2.05) is 0 Å². The van der Waals surface area contributed by atoms with Crippen LogP contribution in [0.4, 0.5) is 17.1 Å². The van der Waals surface area contributed by atoms with Crippen LogP contribution in [0.5, 0.6) is 0 Å². The van der Waals surface area contributed by atoms with Crippen LogP contribution in [0.15, 0.2) is 249 Å². The lowest BCUT2D eigenvalue weighted by atomic mass is 9.66. The molecular weight excluding hydrogens is 771 g/mol. The van der Waals surface area contributed by atoms with Crippen molar-refractivity contribution in [1.29, 1.82) is 0 Å². The zero-order valence-electron chi connectivity index (χ0n) is 35.4. The van der Waals surface area contributed by atoms with Crippen LogP contribution in [0.1, 0.15) is 44.5 Å². The number of rotatable bonds is 5. The molecule has 1 heteroatoms. The molecule has 0 fully saturated rings. The summed E-state index contributed by atoms with van der Waals surface area (Å²) in [6, 6.07) is 79.2. The minimum atomic E-state index is -0.591. The van der Waals surface area contributed by atoms with Crippen LogP contribution < -0.4 is 4.90 Å². The molecule has 0 radical (unpaired) electrons. The SMILES string of the molecule is C=C1/C=C\C=C/Cc2c(N(c3ccc(-c4ccccc4)cc3)c3cccc(C45c6ccccc6-c6cccc(c64)-c4ccccc45)c3)cccc2C12c1ccccc1-c1ccccc12. The highest BCUT2D eigenvalue weighted by molar-refractivity contribution is 5.99. The Balaban J connectivity index is 1.08. The van der Waals surface area contributed by atoms with Gasteiger partial charge in [0.2, 0.25) is 0 Å². The van der Waals surface area contributed by atoms with E-state index in [4.69, 9.17) is 6.58 Å². The van der Waals surface area contributed by atoms with Gasteiger partial charge in [-0.05, 0) is 131 Å². The number of nitrogens with zero attached hydrogens (tertiary/aromatic N) is 1. The van der Waals surface area contributed by atoms with Crippen LogP contribution in [0.3, 0.4) is 0 Å². The zero-order chi connectivity index (χ0) is 42.4. The van der Waals surface area contributed by atoms with Gasteiger partial charge < -0.3 is 4.90 Å². The van der Waals surface area contributed by atoms with Gasteiger partial charge in [0.1, 0.15) is 0 Å². The Morgan fingerprint density at radius 3 is 1.53 bits per heavy atom. The average Bonchev–Trinajstić information content (AvgIpc) is 3.97. The van der Waals surface area contributed by atoms with Gasteiger partial charge in [-0.15, -0.1) is 0 Å². The standard InChI is InChI=1S/C63H43N/c1-42-19-4-2-7-28-54-59(62(42)55-31-12-8-24-48(55)49-25-9-13-32-56(49)62)35-18-36-60(54)64(46-39-37-44(38-40-46)43-20-5-3-6-21-43)47-23-16-22-45(41-47)63-57-33-14-10-26-50(57)52-29-17-30-53(61(52)63)51-27-11-15-34-58(51)63/h2-27,29-41H,1,28H2/b7-2-,19-4-. The monoisotopic (exact) mass is 813 g/mol. The van der Waals surface area contributed by atoms with Crippen molar-refractivity contribution in [3.63, 3.8) is 0 Å². The van der Waals surface area contributed by atoms with E-state index < -0.39 is 10.8 Å². The van der Waals surface area contributed by atoms with Gasteiger partial charge in [-0.25, -0.2) is 0 Å². The second kappa shape index (κ2) is 14.0. The Hall–Kier alpha value is -8.00. The zero-order valence-corrected chi connectivity index (χ0v) is 35.4. The maximum absolute atomic E-state index is 4.92. The molecule has 0 saturated carbocycles. The van der Waals surface area contributed by atoms with Crippen molar-refractivity contribution >= 4 is 17.1 Å². The highest BCUT2D eigenvalue weighted by Gasteiger charge is 2.52. The third-order valence-electron chi connectivity index (χ3n) is 14.5. The van der Waals surface area contributed by atoms with Crippen molar-refractivity contribution in [3.05, 3.63) is 293 Å².